The lowest BCUT2D eigenvalue weighted by atomic mass is 10.0. The first kappa shape index (κ1) is 11.5. The summed E-state index contributed by atoms with van der Waals surface area (Å²) < 4.78 is 9.79. The predicted octanol–water partition coefficient (Wildman–Crippen LogP) is 1.18. The average molecular weight is 209 g/mol. The zero-order chi connectivity index (χ0) is 11.4. The van der Waals surface area contributed by atoms with Gasteiger partial charge in [-0.1, -0.05) is 18.2 Å². The molecule has 1 aromatic rings. The fourth-order valence-electron chi connectivity index (χ4n) is 1.45. The quantitative estimate of drug-likeness (QED) is 0.759. The first-order chi connectivity index (χ1) is 7.11. The van der Waals surface area contributed by atoms with Crippen molar-refractivity contribution in [3.63, 3.8) is 0 Å². The van der Waals surface area contributed by atoms with E-state index >= 15 is 0 Å². The Morgan fingerprint density at radius 3 is 2.60 bits per heavy atom. The first-order valence-electron chi connectivity index (χ1n) is 4.58. The number of ether oxygens (including phenoxy) is 2. The molecule has 0 aliphatic rings. The van der Waals surface area contributed by atoms with E-state index in [-0.39, 0.29) is 0 Å². The van der Waals surface area contributed by atoms with Crippen LogP contribution in [0.1, 0.15) is 17.2 Å². The molecule has 82 valence electrons. The number of hydrogen-bond acceptors (Lipinski definition) is 4. The lowest BCUT2D eigenvalue weighted by Crippen LogP contribution is -2.23. The van der Waals surface area contributed by atoms with Crippen LogP contribution in [0.25, 0.3) is 0 Å². The van der Waals surface area contributed by atoms with E-state index in [9.17, 15) is 4.79 Å². The Labute approximate surface area is 89.0 Å². The molecule has 0 amide bonds. The number of carbonyl (C=O) groups excluding carboxylic acids is 1. The molecule has 1 atom stereocenters. The smallest absolute Gasteiger partial charge is 0.327 e. The average Bonchev–Trinajstić information content (AvgIpc) is 2.26. The van der Waals surface area contributed by atoms with E-state index in [4.69, 9.17) is 10.5 Å². The minimum Gasteiger partial charge on any atom is -0.496 e. The van der Waals surface area contributed by atoms with Gasteiger partial charge in [-0.3, -0.25) is 4.79 Å². The van der Waals surface area contributed by atoms with Crippen molar-refractivity contribution in [1.29, 1.82) is 0 Å². The lowest BCUT2D eigenvalue weighted by molar-refractivity contribution is -0.142. The normalized spacial score (nSPS) is 12.0. The summed E-state index contributed by atoms with van der Waals surface area (Å²) in [6, 6.07) is 4.68. The van der Waals surface area contributed by atoms with Crippen molar-refractivity contribution >= 4 is 5.97 Å². The van der Waals surface area contributed by atoms with Crippen molar-refractivity contribution in [2.24, 2.45) is 5.73 Å². The van der Waals surface area contributed by atoms with E-state index in [1.54, 1.807) is 13.2 Å². The summed E-state index contributed by atoms with van der Waals surface area (Å²) in [6.07, 6.45) is 0. The van der Waals surface area contributed by atoms with Crippen LogP contribution in [-0.4, -0.2) is 20.2 Å². The van der Waals surface area contributed by atoms with Crippen LogP contribution >= 0.6 is 0 Å². The molecule has 0 aromatic heterocycles. The van der Waals surface area contributed by atoms with Gasteiger partial charge in [0.05, 0.1) is 14.2 Å². The third-order valence-electron chi connectivity index (χ3n) is 2.24. The molecule has 4 heteroatoms. The van der Waals surface area contributed by atoms with E-state index < -0.39 is 12.0 Å². The Morgan fingerprint density at radius 1 is 1.40 bits per heavy atom. The van der Waals surface area contributed by atoms with Gasteiger partial charge in [0, 0.05) is 5.56 Å². The van der Waals surface area contributed by atoms with Crippen LogP contribution in [0.2, 0.25) is 0 Å². The van der Waals surface area contributed by atoms with Gasteiger partial charge in [0.1, 0.15) is 11.8 Å². The topological polar surface area (TPSA) is 61.5 Å². The summed E-state index contributed by atoms with van der Waals surface area (Å²) in [5, 5.41) is 0. The number of para-hydroxylation sites is 1. The third-order valence-corrected chi connectivity index (χ3v) is 2.24. The number of rotatable bonds is 3. The number of esters is 1. The molecule has 15 heavy (non-hydrogen) atoms. The van der Waals surface area contributed by atoms with Gasteiger partial charge in [-0.05, 0) is 12.5 Å². The Hall–Kier alpha value is -1.55. The Kier molecular flexibility index (Phi) is 3.68. The molecule has 0 aliphatic heterocycles. The summed E-state index contributed by atoms with van der Waals surface area (Å²) in [5.41, 5.74) is 7.32. The fourth-order valence-corrected chi connectivity index (χ4v) is 1.45. The van der Waals surface area contributed by atoms with E-state index in [2.05, 4.69) is 4.74 Å². The molecule has 0 saturated carbocycles. The van der Waals surface area contributed by atoms with Crippen LogP contribution in [0.15, 0.2) is 18.2 Å². The summed E-state index contributed by atoms with van der Waals surface area (Å²) in [7, 11) is 2.86. The Morgan fingerprint density at radius 2 is 2.07 bits per heavy atom. The van der Waals surface area contributed by atoms with Gasteiger partial charge in [-0.25, -0.2) is 0 Å². The maximum absolute atomic E-state index is 11.3. The third kappa shape index (κ3) is 2.27. The second-order valence-corrected chi connectivity index (χ2v) is 3.20. The molecular weight excluding hydrogens is 194 g/mol. The van der Waals surface area contributed by atoms with Crippen LogP contribution in [0.5, 0.6) is 5.75 Å². The molecule has 0 saturated heterocycles. The highest BCUT2D eigenvalue weighted by Crippen LogP contribution is 2.27. The summed E-state index contributed by atoms with van der Waals surface area (Å²) in [4.78, 5) is 11.3. The molecule has 0 aliphatic carbocycles. The zero-order valence-electron chi connectivity index (χ0n) is 9.11. The molecule has 4 nitrogen and oxygen atoms in total. The molecular formula is C11H15NO3. The molecule has 0 spiro atoms. The summed E-state index contributed by atoms with van der Waals surface area (Å²) in [5.74, 6) is 0.161. The van der Waals surface area contributed by atoms with Crippen LogP contribution in [0, 0.1) is 6.92 Å². The number of aryl methyl sites for hydroxylation is 1. The minimum absolute atomic E-state index is 0.473. The van der Waals surface area contributed by atoms with E-state index in [0.717, 1.165) is 5.56 Å². The van der Waals surface area contributed by atoms with E-state index in [0.29, 0.717) is 11.3 Å². The van der Waals surface area contributed by atoms with Gasteiger partial charge in [-0.2, -0.15) is 0 Å². The minimum atomic E-state index is -0.801. The number of carbonyl (C=O) groups is 1. The molecule has 0 radical (unpaired) electrons. The number of methoxy groups -OCH3 is 2. The monoisotopic (exact) mass is 209 g/mol. The van der Waals surface area contributed by atoms with Crippen molar-refractivity contribution < 1.29 is 14.3 Å². The van der Waals surface area contributed by atoms with Crippen molar-refractivity contribution in [1.82, 2.24) is 0 Å². The number of benzene rings is 1. The Balaban J connectivity index is 3.13. The summed E-state index contributed by atoms with van der Waals surface area (Å²) in [6.45, 7) is 1.90. The highest BCUT2D eigenvalue weighted by Gasteiger charge is 2.20. The van der Waals surface area contributed by atoms with Crippen molar-refractivity contribution in [2.45, 2.75) is 13.0 Å². The molecule has 1 aromatic carbocycles. The van der Waals surface area contributed by atoms with E-state index in [1.165, 1.54) is 7.11 Å². The first-order valence-corrected chi connectivity index (χ1v) is 4.58. The molecule has 0 heterocycles. The standard InChI is InChI=1S/C11H15NO3/c1-7-5-4-6-8(10(7)14-2)9(12)11(13)15-3/h4-6,9H,12H2,1-3H3. The van der Waals surface area contributed by atoms with Crippen LogP contribution < -0.4 is 10.5 Å². The maximum atomic E-state index is 11.3. The molecule has 1 rings (SSSR count). The molecule has 0 bridgehead atoms. The second-order valence-electron chi connectivity index (χ2n) is 3.20. The largest absolute Gasteiger partial charge is 0.496 e. The van der Waals surface area contributed by atoms with Crippen LogP contribution in [0.3, 0.4) is 0 Å². The maximum Gasteiger partial charge on any atom is 0.327 e. The van der Waals surface area contributed by atoms with Crippen molar-refractivity contribution in [2.75, 3.05) is 14.2 Å². The highest BCUT2D eigenvalue weighted by molar-refractivity contribution is 5.78. The highest BCUT2D eigenvalue weighted by atomic mass is 16.5. The van der Waals surface area contributed by atoms with Gasteiger partial charge in [0.2, 0.25) is 0 Å². The van der Waals surface area contributed by atoms with Crippen molar-refractivity contribution in [3.05, 3.63) is 29.3 Å². The fraction of sp³-hybridized carbons (Fsp3) is 0.364. The lowest BCUT2D eigenvalue weighted by Gasteiger charge is -2.15. The predicted molar refractivity (Wildman–Crippen MR) is 56.7 cm³/mol. The molecule has 0 fully saturated rings. The van der Waals surface area contributed by atoms with Gasteiger partial charge in [-0.15, -0.1) is 0 Å². The second kappa shape index (κ2) is 4.79. The number of nitrogens with two attached hydrogens (primary N) is 1. The van der Waals surface area contributed by atoms with Gasteiger partial charge in [0.25, 0.3) is 0 Å². The van der Waals surface area contributed by atoms with Crippen LogP contribution in [0.4, 0.5) is 0 Å². The van der Waals surface area contributed by atoms with Crippen molar-refractivity contribution in [3.8, 4) is 5.75 Å². The molecule has 2 N–H and O–H groups in total. The van der Waals surface area contributed by atoms with Gasteiger partial charge >= 0.3 is 5.97 Å². The Bertz CT molecular complexity index is 363. The number of hydrogen-bond donors (Lipinski definition) is 1. The summed E-state index contributed by atoms with van der Waals surface area (Å²) >= 11 is 0. The zero-order valence-corrected chi connectivity index (χ0v) is 9.11. The molecule has 1 unspecified atom stereocenters. The van der Waals surface area contributed by atoms with E-state index in [1.807, 2.05) is 19.1 Å². The van der Waals surface area contributed by atoms with Gasteiger partial charge in [0.15, 0.2) is 0 Å². The van der Waals surface area contributed by atoms with Crippen LogP contribution in [-0.2, 0) is 9.53 Å². The van der Waals surface area contributed by atoms with Gasteiger partial charge < -0.3 is 15.2 Å². The SMILES string of the molecule is COC(=O)C(N)c1cccc(C)c1OC.